The summed E-state index contributed by atoms with van der Waals surface area (Å²) in [6.45, 7) is 16.3. The maximum Gasteiger partial charge on any atom is 0.250 e. The SMILES string of the molecule is CCOc1cc2c(cc1O[Si](C)(C)C(C)(C)C)-c1[nH]nc(Nc3ncccc3OCC)c1C2. The zero-order valence-corrected chi connectivity index (χ0v) is 21.6. The van der Waals surface area contributed by atoms with Gasteiger partial charge in [-0.15, -0.1) is 0 Å². The molecular weight excluding hydrogens is 432 g/mol. The van der Waals surface area contributed by atoms with Crippen LogP contribution in [0.3, 0.4) is 0 Å². The highest BCUT2D eigenvalue weighted by Crippen LogP contribution is 2.47. The molecule has 0 bridgehead atoms. The molecule has 176 valence electrons. The summed E-state index contributed by atoms with van der Waals surface area (Å²) in [5.74, 6) is 3.72. The molecule has 2 aromatic heterocycles. The van der Waals surface area contributed by atoms with Crippen molar-refractivity contribution in [2.24, 2.45) is 0 Å². The Labute approximate surface area is 197 Å². The van der Waals surface area contributed by atoms with Gasteiger partial charge in [0.25, 0.3) is 8.32 Å². The number of hydrogen-bond donors (Lipinski definition) is 2. The van der Waals surface area contributed by atoms with E-state index in [1.54, 1.807) is 6.20 Å². The lowest BCUT2D eigenvalue weighted by Crippen LogP contribution is -2.44. The molecule has 0 atom stereocenters. The van der Waals surface area contributed by atoms with Crippen molar-refractivity contribution in [2.75, 3.05) is 18.5 Å². The van der Waals surface area contributed by atoms with Crippen LogP contribution in [0.5, 0.6) is 17.2 Å². The molecule has 4 rings (SSSR count). The number of fused-ring (bicyclic) bond motifs is 3. The van der Waals surface area contributed by atoms with E-state index in [9.17, 15) is 0 Å². The third-order valence-electron chi connectivity index (χ3n) is 6.45. The summed E-state index contributed by atoms with van der Waals surface area (Å²) in [5.41, 5.74) is 4.40. The van der Waals surface area contributed by atoms with Gasteiger partial charge in [0.15, 0.2) is 23.1 Å². The smallest absolute Gasteiger partial charge is 0.250 e. The highest BCUT2D eigenvalue weighted by molar-refractivity contribution is 6.74. The number of H-pyrrole nitrogens is 1. The average Bonchev–Trinajstić information content (AvgIpc) is 3.28. The number of ether oxygens (including phenoxy) is 2. The Hall–Kier alpha value is -3.00. The van der Waals surface area contributed by atoms with Crippen molar-refractivity contribution in [1.29, 1.82) is 0 Å². The minimum Gasteiger partial charge on any atom is -0.541 e. The number of aromatic amines is 1. The predicted octanol–water partition coefficient (Wildman–Crippen LogP) is 6.30. The van der Waals surface area contributed by atoms with Gasteiger partial charge in [-0.1, -0.05) is 20.8 Å². The normalized spacial score (nSPS) is 12.8. The second kappa shape index (κ2) is 8.74. The molecule has 33 heavy (non-hydrogen) atoms. The molecule has 0 fully saturated rings. The molecular formula is C25H34N4O3Si. The number of nitrogens with one attached hydrogen (secondary N) is 2. The predicted molar refractivity (Wildman–Crippen MR) is 135 cm³/mol. The van der Waals surface area contributed by atoms with E-state index in [-0.39, 0.29) is 5.04 Å². The van der Waals surface area contributed by atoms with Gasteiger partial charge >= 0.3 is 0 Å². The van der Waals surface area contributed by atoms with Crippen LogP contribution >= 0.6 is 0 Å². The molecule has 2 heterocycles. The van der Waals surface area contributed by atoms with Crippen molar-refractivity contribution in [3.05, 3.63) is 41.6 Å². The largest absolute Gasteiger partial charge is 0.541 e. The minimum atomic E-state index is -2.03. The summed E-state index contributed by atoms with van der Waals surface area (Å²) >= 11 is 0. The van der Waals surface area contributed by atoms with Crippen LogP contribution in [0, 0.1) is 0 Å². The molecule has 0 unspecified atom stereocenters. The van der Waals surface area contributed by atoms with E-state index in [0.717, 1.165) is 40.6 Å². The Morgan fingerprint density at radius 2 is 1.76 bits per heavy atom. The summed E-state index contributed by atoms with van der Waals surface area (Å²) in [6.07, 6.45) is 2.49. The van der Waals surface area contributed by atoms with E-state index < -0.39 is 8.32 Å². The first-order valence-corrected chi connectivity index (χ1v) is 14.5. The van der Waals surface area contributed by atoms with Crippen LogP contribution in [0.2, 0.25) is 18.1 Å². The number of anilines is 2. The van der Waals surface area contributed by atoms with E-state index in [0.29, 0.717) is 24.8 Å². The van der Waals surface area contributed by atoms with Crippen LogP contribution in [-0.4, -0.2) is 36.7 Å². The van der Waals surface area contributed by atoms with Crippen LogP contribution < -0.4 is 19.2 Å². The van der Waals surface area contributed by atoms with Crippen LogP contribution in [0.1, 0.15) is 45.7 Å². The third kappa shape index (κ3) is 4.44. The van der Waals surface area contributed by atoms with Gasteiger partial charge in [0.1, 0.15) is 5.75 Å². The molecule has 0 saturated heterocycles. The van der Waals surface area contributed by atoms with Crippen LogP contribution in [0.15, 0.2) is 30.5 Å². The summed E-state index contributed by atoms with van der Waals surface area (Å²) in [7, 11) is -2.03. The fourth-order valence-electron chi connectivity index (χ4n) is 3.68. The van der Waals surface area contributed by atoms with Crippen molar-refractivity contribution in [2.45, 2.75) is 59.2 Å². The molecule has 0 saturated carbocycles. The zero-order chi connectivity index (χ0) is 23.8. The summed E-state index contributed by atoms with van der Waals surface area (Å²) in [4.78, 5) is 4.44. The summed E-state index contributed by atoms with van der Waals surface area (Å²) in [5, 5.41) is 11.2. The van der Waals surface area contributed by atoms with Gasteiger partial charge in [-0.3, -0.25) is 5.10 Å². The first-order chi connectivity index (χ1) is 15.6. The summed E-state index contributed by atoms with van der Waals surface area (Å²) in [6, 6.07) is 7.99. The number of aromatic nitrogens is 3. The maximum atomic E-state index is 6.67. The monoisotopic (exact) mass is 466 g/mol. The molecule has 3 aromatic rings. The third-order valence-corrected chi connectivity index (χ3v) is 10.8. The number of rotatable bonds is 8. The second-order valence-electron chi connectivity index (χ2n) is 9.76. The lowest BCUT2D eigenvalue weighted by Gasteiger charge is -2.37. The number of pyridine rings is 1. The molecule has 0 spiro atoms. The zero-order valence-electron chi connectivity index (χ0n) is 20.6. The van der Waals surface area contributed by atoms with Gasteiger partial charge in [0.2, 0.25) is 0 Å². The standard InChI is InChI=1S/C25H34N4O3Si/c1-8-30-19-11-10-12-26-24(19)27-23-18-13-16-14-20(31-9-2)21(15-17(16)22(18)28-29-23)32-33(6,7)25(3,4)5/h10-12,14-15H,8-9,13H2,1-7H3,(H2,26,27,28,29). The van der Waals surface area contributed by atoms with Crippen molar-refractivity contribution >= 4 is 20.0 Å². The number of hydrogen-bond acceptors (Lipinski definition) is 6. The number of nitrogens with zero attached hydrogens (tertiary/aromatic N) is 2. The molecule has 8 heteroatoms. The van der Waals surface area contributed by atoms with E-state index in [1.807, 2.05) is 26.0 Å². The molecule has 0 radical (unpaired) electrons. The van der Waals surface area contributed by atoms with E-state index >= 15 is 0 Å². The molecule has 2 N–H and O–H groups in total. The van der Waals surface area contributed by atoms with Crippen molar-refractivity contribution in [3.8, 4) is 28.5 Å². The van der Waals surface area contributed by atoms with Crippen molar-refractivity contribution in [3.63, 3.8) is 0 Å². The van der Waals surface area contributed by atoms with Gasteiger partial charge in [-0.25, -0.2) is 4.98 Å². The van der Waals surface area contributed by atoms with Crippen LogP contribution in [-0.2, 0) is 6.42 Å². The Morgan fingerprint density at radius 3 is 2.45 bits per heavy atom. The van der Waals surface area contributed by atoms with Gasteiger partial charge in [0, 0.05) is 23.7 Å². The Morgan fingerprint density at radius 1 is 1.03 bits per heavy atom. The Bertz CT molecular complexity index is 1150. The average molecular weight is 467 g/mol. The van der Waals surface area contributed by atoms with E-state index in [1.165, 1.54) is 5.56 Å². The summed E-state index contributed by atoms with van der Waals surface area (Å²) < 4.78 is 18.4. The molecule has 0 aliphatic heterocycles. The molecule has 1 aliphatic rings. The van der Waals surface area contributed by atoms with Gasteiger partial charge < -0.3 is 19.2 Å². The fourth-order valence-corrected chi connectivity index (χ4v) is 4.70. The first kappa shape index (κ1) is 23.2. The topological polar surface area (TPSA) is 81.3 Å². The van der Waals surface area contributed by atoms with Crippen LogP contribution in [0.4, 0.5) is 11.6 Å². The van der Waals surface area contributed by atoms with Gasteiger partial charge in [0.05, 0.1) is 18.9 Å². The molecule has 0 amide bonds. The lowest BCUT2D eigenvalue weighted by molar-refractivity contribution is 0.325. The second-order valence-corrected chi connectivity index (χ2v) is 14.5. The van der Waals surface area contributed by atoms with Crippen LogP contribution in [0.25, 0.3) is 11.3 Å². The number of benzene rings is 1. The molecule has 1 aromatic carbocycles. The van der Waals surface area contributed by atoms with Crippen molar-refractivity contribution < 1.29 is 13.9 Å². The lowest BCUT2D eigenvalue weighted by atomic mass is 10.1. The van der Waals surface area contributed by atoms with Crippen molar-refractivity contribution in [1.82, 2.24) is 15.2 Å². The Kier molecular flexibility index (Phi) is 6.13. The first-order valence-electron chi connectivity index (χ1n) is 11.6. The van der Waals surface area contributed by atoms with E-state index in [4.69, 9.17) is 13.9 Å². The quantitative estimate of drug-likeness (QED) is 0.297. The van der Waals surface area contributed by atoms with E-state index in [2.05, 4.69) is 66.5 Å². The van der Waals surface area contributed by atoms with Gasteiger partial charge in [-0.2, -0.15) is 5.10 Å². The fraction of sp³-hybridized carbons (Fsp3) is 0.440. The van der Waals surface area contributed by atoms with Gasteiger partial charge in [-0.05, 0) is 61.8 Å². The maximum absolute atomic E-state index is 6.67. The highest BCUT2D eigenvalue weighted by Gasteiger charge is 2.40. The highest BCUT2D eigenvalue weighted by atomic mass is 28.4. The minimum absolute atomic E-state index is 0.0900. The Balaban J connectivity index is 1.69. The molecule has 7 nitrogen and oxygen atoms in total. The molecule has 1 aliphatic carbocycles.